The van der Waals surface area contributed by atoms with E-state index in [-0.39, 0.29) is 11.7 Å². The summed E-state index contributed by atoms with van der Waals surface area (Å²) >= 11 is 6.48. The molecule has 5 nitrogen and oxygen atoms in total. The van der Waals surface area contributed by atoms with E-state index in [1.54, 1.807) is 25.1 Å². The maximum atomic E-state index is 13.2. The van der Waals surface area contributed by atoms with Gasteiger partial charge in [-0.2, -0.15) is 0 Å². The van der Waals surface area contributed by atoms with Gasteiger partial charge in [0.15, 0.2) is 0 Å². The van der Waals surface area contributed by atoms with E-state index in [1.807, 2.05) is 12.1 Å². The van der Waals surface area contributed by atoms with Crippen LogP contribution in [0.15, 0.2) is 47.0 Å². The van der Waals surface area contributed by atoms with Gasteiger partial charge in [0.05, 0.1) is 10.7 Å². The molecular formula is C22H21ClFN3O2. The van der Waals surface area contributed by atoms with E-state index >= 15 is 0 Å². The fraction of sp³-hybridized carbons (Fsp3) is 0.273. The summed E-state index contributed by atoms with van der Waals surface area (Å²) in [6, 6.07) is 11.3. The van der Waals surface area contributed by atoms with Gasteiger partial charge in [-0.3, -0.25) is 4.79 Å². The smallest absolute Gasteiger partial charge is 0.261 e. The van der Waals surface area contributed by atoms with Crippen LogP contribution in [0.4, 0.5) is 15.8 Å². The molecule has 1 amide bonds. The summed E-state index contributed by atoms with van der Waals surface area (Å²) in [5.41, 5.74) is 2.86. The number of nitrogens with one attached hydrogen (secondary N) is 1. The molecule has 1 saturated heterocycles. The molecule has 3 aromatic rings. The van der Waals surface area contributed by atoms with Crippen molar-refractivity contribution >= 4 is 28.9 Å². The number of aryl methyl sites for hydroxylation is 1. The number of carbonyl (C=O) groups excluding carboxylic acids is 1. The number of benzene rings is 2. The standard InChI is InChI=1S/C22H21ClFN3O2/c1-14-20(21(26-29-14)15-5-7-16(24)8-6-15)22(28)25-17-9-10-19(18(23)13-17)27-11-3-2-4-12-27/h5-10,13H,2-4,11-12H2,1H3,(H,25,28). The molecule has 0 spiro atoms. The van der Waals surface area contributed by atoms with Gasteiger partial charge in [-0.1, -0.05) is 16.8 Å². The van der Waals surface area contributed by atoms with Gasteiger partial charge in [-0.15, -0.1) is 0 Å². The van der Waals surface area contributed by atoms with Crippen molar-refractivity contribution in [1.29, 1.82) is 0 Å². The third-order valence-electron chi connectivity index (χ3n) is 5.11. The van der Waals surface area contributed by atoms with Crippen LogP contribution in [0.3, 0.4) is 0 Å². The molecule has 1 aliphatic heterocycles. The molecule has 0 bridgehead atoms. The average Bonchev–Trinajstić information content (AvgIpc) is 3.11. The molecule has 1 aromatic heterocycles. The van der Waals surface area contributed by atoms with Crippen molar-refractivity contribution in [2.45, 2.75) is 26.2 Å². The molecule has 150 valence electrons. The number of rotatable bonds is 4. The van der Waals surface area contributed by atoms with Gasteiger partial charge in [-0.05, 0) is 68.7 Å². The quantitative estimate of drug-likeness (QED) is 0.597. The average molecular weight is 414 g/mol. The topological polar surface area (TPSA) is 58.4 Å². The lowest BCUT2D eigenvalue weighted by Crippen LogP contribution is -2.29. The minimum absolute atomic E-state index is 0.313. The molecule has 0 unspecified atom stereocenters. The summed E-state index contributed by atoms with van der Waals surface area (Å²) < 4.78 is 18.4. The fourth-order valence-corrected chi connectivity index (χ4v) is 3.91. The summed E-state index contributed by atoms with van der Waals surface area (Å²) in [5, 5.41) is 7.44. The van der Waals surface area contributed by atoms with Crippen LogP contribution in [0.5, 0.6) is 0 Å². The van der Waals surface area contributed by atoms with Gasteiger partial charge in [0.1, 0.15) is 22.8 Å². The van der Waals surface area contributed by atoms with E-state index in [2.05, 4.69) is 15.4 Å². The number of hydrogen-bond donors (Lipinski definition) is 1. The number of nitrogens with zero attached hydrogens (tertiary/aromatic N) is 2. The summed E-state index contributed by atoms with van der Waals surface area (Å²) in [6.07, 6.45) is 3.57. The van der Waals surface area contributed by atoms with Gasteiger partial charge in [0.2, 0.25) is 0 Å². The maximum Gasteiger partial charge on any atom is 0.261 e. The third-order valence-corrected chi connectivity index (χ3v) is 5.41. The maximum absolute atomic E-state index is 13.2. The predicted molar refractivity (Wildman–Crippen MR) is 112 cm³/mol. The third kappa shape index (κ3) is 4.12. The summed E-state index contributed by atoms with van der Waals surface area (Å²) in [4.78, 5) is 15.2. The number of piperidine rings is 1. The molecule has 0 saturated carbocycles. The van der Waals surface area contributed by atoms with Crippen molar-refractivity contribution in [3.05, 3.63) is 64.6 Å². The lowest BCUT2D eigenvalue weighted by molar-refractivity contribution is 0.102. The second-order valence-corrected chi connectivity index (χ2v) is 7.54. The van der Waals surface area contributed by atoms with Gasteiger partial charge in [-0.25, -0.2) is 4.39 Å². The molecule has 1 aliphatic rings. The van der Waals surface area contributed by atoms with Gasteiger partial charge in [0, 0.05) is 24.3 Å². The number of halogens is 2. The van der Waals surface area contributed by atoms with Crippen LogP contribution in [0.2, 0.25) is 5.02 Å². The van der Waals surface area contributed by atoms with Crippen molar-refractivity contribution in [3.8, 4) is 11.3 Å². The van der Waals surface area contributed by atoms with Gasteiger partial charge in [0.25, 0.3) is 5.91 Å². The van der Waals surface area contributed by atoms with Crippen molar-refractivity contribution in [1.82, 2.24) is 5.16 Å². The van der Waals surface area contributed by atoms with Crippen LogP contribution in [-0.2, 0) is 0 Å². The molecule has 0 atom stereocenters. The van der Waals surface area contributed by atoms with Gasteiger partial charge < -0.3 is 14.7 Å². The molecule has 1 N–H and O–H groups in total. The fourth-order valence-electron chi connectivity index (χ4n) is 3.61. The van der Waals surface area contributed by atoms with Gasteiger partial charge >= 0.3 is 0 Å². The first-order chi connectivity index (χ1) is 14.0. The van der Waals surface area contributed by atoms with Crippen LogP contribution in [0, 0.1) is 12.7 Å². The first-order valence-corrected chi connectivity index (χ1v) is 9.99. The monoisotopic (exact) mass is 413 g/mol. The number of amides is 1. The molecular weight excluding hydrogens is 393 g/mol. The van der Waals surface area contributed by atoms with Crippen molar-refractivity contribution in [2.24, 2.45) is 0 Å². The highest BCUT2D eigenvalue weighted by Gasteiger charge is 2.22. The van der Waals surface area contributed by atoms with Crippen molar-refractivity contribution < 1.29 is 13.7 Å². The van der Waals surface area contributed by atoms with E-state index < -0.39 is 0 Å². The Kier molecular flexibility index (Phi) is 5.53. The highest BCUT2D eigenvalue weighted by Crippen LogP contribution is 2.32. The second kappa shape index (κ2) is 8.25. The summed E-state index contributed by atoms with van der Waals surface area (Å²) in [5.74, 6) is -0.328. The second-order valence-electron chi connectivity index (χ2n) is 7.14. The van der Waals surface area contributed by atoms with Crippen LogP contribution < -0.4 is 10.2 Å². The Morgan fingerprint density at radius 2 is 1.86 bits per heavy atom. The Labute approximate surface area is 173 Å². The molecule has 29 heavy (non-hydrogen) atoms. The van der Waals surface area contributed by atoms with Crippen LogP contribution >= 0.6 is 11.6 Å². The zero-order chi connectivity index (χ0) is 20.4. The van der Waals surface area contributed by atoms with Crippen LogP contribution in [0.25, 0.3) is 11.3 Å². The number of aromatic nitrogens is 1. The number of carbonyl (C=O) groups is 1. The Balaban J connectivity index is 1.56. The highest BCUT2D eigenvalue weighted by atomic mass is 35.5. The van der Waals surface area contributed by atoms with E-state index in [0.717, 1.165) is 31.6 Å². The molecule has 7 heteroatoms. The minimum Gasteiger partial charge on any atom is -0.370 e. The Morgan fingerprint density at radius 3 is 2.55 bits per heavy atom. The normalized spacial score (nSPS) is 14.1. The number of hydrogen-bond acceptors (Lipinski definition) is 4. The zero-order valence-corrected chi connectivity index (χ0v) is 16.8. The molecule has 4 rings (SSSR count). The molecule has 2 heterocycles. The molecule has 0 radical (unpaired) electrons. The Hall–Kier alpha value is -2.86. The predicted octanol–water partition coefficient (Wildman–Crippen LogP) is 5.69. The number of anilines is 2. The van der Waals surface area contributed by atoms with Crippen molar-refractivity contribution in [3.63, 3.8) is 0 Å². The lowest BCUT2D eigenvalue weighted by Gasteiger charge is -2.29. The SMILES string of the molecule is Cc1onc(-c2ccc(F)cc2)c1C(=O)Nc1ccc(N2CCCCC2)c(Cl)c1. The highest BCUT2D eigenvalue weighted by molar-refractivity contribution is 6.33. The van der Waals surface area contributed by atoms with E-state index in [4.69, 9.17) is 16.1 Å². The van der Waals surface area contributed by atoms with E-state index in [9.17, 15) is 9.18 Å². The first-order valence-electron chi connectivity index (χ1n) is 9.61. The molecule has 1 fully saturated rings. The van der Waals surface area contributed by atoms with E-state index in [1.165, 1.54) is 18.6 Å². The molecule has 2 aromatic carbocycles. The van der Waals surface area contributed by atoms with Crippen LogP contribution in [0.1, 0.15) is 35.4 Å². The molecule has 0 aliphatic carbocycles. The van der Waals surface area contributed by atoms with Crippen LogP contribution in [-0.4, -0.2) is 24.2 Å². The summed E-state index contributed by atoms with van der Waals surface area (Å²) in [7, 11) is 0. The Bertz CT molecular complexity index is 1030. The minimum atomic E-state index is -0.358. The Morgan fingerprint density at radius 1 is 1.14 bits per heavy atom. The largest absolute Gasteiger partial charge is 0.370 e. The lowest BCUT2D eigenvalue weighted by atomic mass is 10.1. The zero-order valence-electron chi connectivity index (χ0n) is 16.0. The van der Waals surface area contributed by atoms with Crippen molar-refractivity contribution in [2.75, 3.05) is 23.3 Å². The first kappa shape index (κ1) is 19.5. The van der Waals surface area contributed by atoms with E-state index in [0.29, 0.717) is 33.3 Å². The summed E-state index contributed by atoms with van der Waals surface area (Å²) in [6.45, 7) is 3.65.